The van der Waals surface area contributed by atoms with Gasteiger partial charge in [-0.2, -0.15) is 8.42 Å². The second kappa shape index (κ2) is 8.84. The van der Waals surface area contributed by atoms with Crippen LogP contribution in [0.3, 0.4) is 0 Å². The summed E-state index contributed by atoms with van der Waals surface area (Å²) in [5.41, 5.74) is 3.16. The fraction of sp³-hybridized carbons (Fsp3) is 0.0800. The molecular formula is C25H20N2O5S. The molecule has 0 unspecified atom stereocenters. The van der Waals surface area contributed by atoms with Crippen molar-refractivity contribution in [2.75, 3.05) is 0 Å². The standard InChI is InChI=1S/C25H20N2O5S/c1-17-7-13-21(14-8-17)33(30,31)32-24-16-9-18(2)22-15-12-20(26-25(22)24)11-10-19-5-3-4-6-23(19)27(28)29/h3-16H,1-2H3/b11-10+. The number of para-hydroxylation sites is 1. The molecule has 0 amide bonds. The molecule has 0 radical (unpaired) electrons. The van der Waals surface area contributed by atoms with Gasteiger partial charge in [-0.1, -0.05) is 42.0 Å². The second-order valence-corrected chi connectivity index (χ2v) is 9.06. The first-order chi connectivity index (χ1) is 15.7. The van der Waals surface area contributed by atoms with Gasteiger partial charge in [-0.05, 0) is 61.9 Å². The van der Waals surface area contributed by atoms with Gasteiger partial charge < -0.3 is 4.18 Å². The topological polar surface area (TPSA) is 99.4 Å². The summed E-state index contributed by atoms with van der Waals surface area (Å²) in [4.78, 5) is 15.4. The molecule has 0 spiro atoms. The van der Waals surface area contributed by atoms with Gasteiger partial charge >= 0.3 is 10.1 Å². The number of nitro groups is 1. The van der Waals surface area contributed by atoms with Crippen LogP contribution < -0.4 is 4.18 Å². The van der Waals surface area contributed by atoms with Crippen LogP contribution in [0.25, 0.3) is 23.1 Å². The maximum absolute atomic E-state index is 12.8. The largest absolute Gasteiger partial charge is 0.377 e. The third kappa shape index (κ3) is 4.75. The molecule has 0 saturated heterocycles. The zero-order valence-electron chi connectivity index (χ0n) is 17.9. The Morgan fingerprint density at radius 3 is 2.36 bits per heavy atom. The molecule has 0 fully saturated rings. The Bertz CT molecular complexity index is 1490. The van der Waals surface area contributed by atoms with Crippen LogP contribution in [-0.2, 0) is 10.1 Å². The second-order valence-electron chi connectivity index (χ2n) is 7.51. The Kier molecular flexibility index (Phi) is 5.93. The molecule has 0 N–H and O–H groups in total. The van der Waals surface area contributed by atoms with Gasteiger partial charge in [0, 0.05) is 11.5 Å². The maximum atomic E-state index is 12.8. The van der Waals surface area contributed by atoms with Gasteiger partial charge in [0.15, 0.2) is 5.75 Å². The van der Waals surface area contributed by atoms with Gasteiger partial charge in [-0.3, -0.25) is 10.1 Å². The summed E-state index contributed by atoms with van der Waals surface area (Å²) in [5, 5.41) is 12.0. The fourth-order valence-corrected chi connectivity index (χ4v) is 4.29. The minimum Gasteiger partial charge on any atom is -0.377 e. The zero-order valence-corrected chi connectivity index (χ0v) is 18.7. The number of aromatic nitrogens is 1. The number of rotatable bonds is 6. The van der Waals surface area contributed by atoms with Crippen LogP contribution in [0.5, 0.6) is 5.75 Å². The Morgan fingerprint density at radius 2 is 1.64 bits per heavy atom. The van der Waals surface area contributed by atoms with Gasteiger partial charge in [0.1, 0.15) is 10.4 Å². The van der Waals surface area contributed by atoms with E-state index in [-0.39, 0.29) is 16.3 Å². The smallest absolute Gasteiger partial charge is 0.339 e. The van der Waals surface area contributed by atoms with Crippen LogP contribution in [0.15, 0.2) is 77.7 Å². The van der Waals surface area contributed by atoms with Crippen molar-refractivity contribution in [1.82, 2.24) is 4.98 Å². The first-order valence-corrected chi connectivity index (χ1v) is 11.5. The van der Waals surface area contributed by atoms with Crippen molar-refractivity contribution in [2.45, 2.75) is 18.7 Å². The minimum atomic E-state index is -4.05. The van der Waals surface area contributed by atoms with Crippen molar-refractivity contribution in [3.05, 3.63) is 105 Å². The summed E-state index contributed by atoms with van der Waals surface area (Å²) in [6, 6.07) is 19.7. The summed E-state index contributed by atoms with van der Waals surface area (Å²) < 4.78 is 31.1. The molecule has 8 heteroatoms. The van der Waals surface area contributed by atoms with E-state index >= 15 is 0 Å². The van der Waals surface area contributed by atoms with Crippen molar-refractivity contribution >= 4 is 38.9 Å². The highest BCUT2D eigenvalue weighted by Gasteiger charge is 2.19. The Labute approximate surface area is 191 Å². The van der Waals surface area contributed by atoms with E-state index in [1.165, 1.54) is 18.2 Å². The Morgan fingerprint density at radius 1 is 0.909 bits per heavy atom. The number of aryl methyl sites for hydroxylation is 2. The lowest BCUT2D eigenvalue weighted by molar-refractivity contribution is -0.385. The van der Waals surface area contributed by atoms with E-state index in [9.17, 15) is 18.5 Å². The third-order valence-electron chi connectivity index (χ3n) is 5.14. The van der Waals surface area contributed by atoms with Crippen LogP contribution in [0.2, 0.25) is 0 Å². The predicted molar refractivity (Wildman–Crippen MR) is 127 cm³/mol. The molecule has 4 rings (SSSR count). The van der Waals surface area contributed by atoms with E-state index in [1.807, 2.05) is 19.9 Å². The summed E-state index contributed by atoms with van der Waals surface area (Å²) in [6.45, 7) is 3.76. The quantitative estimate of drug-likeness (QED) is 0.208. The zero-order chi connectivity index (χ0) is 23.6. The number of hydrogen-bond acceptors (Lipinski definition) is 6. The van der Waals surface area contributed by atoms with Crippen LogP contribution in [0.4, 0.5) is 5.69 Å². The highest BCUT2D eigenvalue weighted by Crippen LogP contribution is 2.30. The summed E-state index contributed by atoms with van der Waals surface area (Å²) in [6.07, 6.45) is 3.24. The number of benzene rings is 3. The number of fused-ring (bicyclic) bond motifs is 1. The number of nitrogens with zero attached hydrogens (tertiary/aromatic N) is 2. The predicted octanol–water partition coefficient (Wildman–Crippen LogP) is 5.70. The summed E-state index contributed by atoms with van der Waals surface area (Å²) in [7, 11) is -4.05. The molecule has 33 heavy (non-hydrogen) atoms. The normalized spacial score (nSPS) is 11.7. The highest BCUT2D eigenvalue weighted by atomic mass is 32.2. The van der Waals surface area contributed by atoms with Crippen molar-refractivity contribution in [2.24, 2.45) is 0 Å². The van der Waals surface area contributed by atoms with Crippen molar-refractivity contribution < 1.29 is 17.5 Å². The molecule has 0 aliphatic heterocycles. The average Bonchev–Trinajstić information content (AvgIpc) is 2.80. The number of nitro benzene ring substituents is 1. The fourth-order valence-electron chi connectivity index (χ4n) is 3.35. The Hall–Kier alpha value is -4.04. The van der Waals surface area contributed by atoms with Crippen LogP contribution in [0.1, 0.15) is 22.4 Å². The first-order valence-electron chi connectivity index (χ1n) is 10.1. The molecule has 1 aromatic heterocycles. The maximum Gasteiger partial charge on any atom is 0.339 e. The molecule has 1 heterocycles. The molecule has 0 aliphatic carbocycles. The summed E-state index contributed by atoms with van der Waals surface area (Å²) >= 11 is 0. The van der Waals surface area contributed by atoms with E-state index in [4.69, 9.17) is 4.18 Å². The monoisotopic (exact) mass is 460 g/mol. The average molecular weight is 461 g/mol. The van der Waals surface area contributed by atoms with Gasteiger partial charge in [0.05, 0.1) is 16.2 Å². The molecule has 3 aromatic carbocycles. The van der Waals surface area contributed by atoms with E-state index in [0.29, 0.717) is 16.8 Å². The van der Waals surface area contributed by atoms with E-state index in [1.54, 1.807) is 60.7 Å². The first kappa shape index (κ1) is 22.2. The lowest BCUT2D eigenvalue weighted by Gasteiger charge is -2.11. The SMILES string of the molecule is Cc1ccc(S(=O)(=O)Oc2ccc(C)c3ccc(/C=C/c4ccccc4[N+](=O)[O-])nc23)cc1. The molecule has 0 saturated carbocycles. The molecule has 166 valence electrons. The van der Waals surface area contributed by atoms with Crippen LogP contribution in [-0.4, -0.2) is 18.3 Å². The highest BCUT2D eigenvalue weighted by molar-refractivity contribution is 7.87. The van der Waals surface area contributed by atoms with E-state index in [0.717, 1.165) is 16.5 Å². The third-order valence-corrected chi connectivity index (χ3v) is 6.38. The Balaban J connectivity index is 1.74. The molecule has 0 aliphatic rings. The van der Waals surface area contributed by atoms with Gasteiger partial charge in [-0.25, -0.2) is 4.98 Å². The number of hydrogen-bond donors (Lipinski definition) is 0. The number of pyridine rings is 1. The van der Waals surface area contributed by atoms with Crippen molar-refractivity contribution in [3.8, 4) is 5.75 Å². The molecule has 7 nitrogen and oxygen atoms in total. The van der Waals surface area contributed by atoms with Crippen molar-refractivity contribution in [1.29, 1.82) is 0 Å². The molecule has 0 atom stereocenters. The summed E-state index contributed by atoms with van der Waals surface area (Å²) in [5.74, 6) is 0.108. The van der Waals surface area contributed by atoms with Crippen LogP contribution in [0, 0.1) is 24.0 Å². The van der Waals surface area contributed by atoms with Crippen LogP contribution >= 0.6 is 0 Å². The van der Waals surface area contributed by atoms with Gasteiger partial charge in [-0.15, -0.1) is 0 Å². The molecule has 0 bridgehead atoms. The molecule has 4 aromatic rings. The van der Waals surface area contributed by atoms with E-state index < -0.39 is 15.0 Å². The van der Waals surface area contributed by atoms with Crippen molar-refractivity contribution in [3.63, 3.8) is 0 Å². The van der Waals surface area contributed by atoms with E-state index in [2.05, 4.69) is 4.98 Å². The lowest BCUT2D eigenvalue weighted by Crippen LogP contribution is -2.10. The van der Waals surface area contributed by atoms with Gasteiger partial charge in [0.25, 0.3) is 5.69 Å². The lowest BCUT2D eigenvalue weighted by atomic mass is 10.1. The minimum absolute atomic E-state index is 0.0152. The van der Waals surface area contributed by atoms with Gasteiger partial charge in [0.2, 0.25) is 0 Å². The molecular weight excluding hydrogens is 440 g/mol.